The summed E-state index contributed by atoms with van der Waals surface area (Å²) in [7, 11) is 1.77. The molecule has 1 N–H and O–H groups in total. The van der Waals surface area contributed by atoms with Crippen molar-refractivity contribution in [3.8, 4) is 0 Å². The van der Waals surface area contributed by atoms with Crippen LogP contribution in [0, 0.1) is 0 Å². The Hall–Kier alpha value is -3.85. The highest BCUT2D eigenvalue weighted by Crippen LogP contribution is 2.50. The van der Waals surface area contributed by atoms with Crippen LogP contribution in [0.15, 0.2) is 63.9 Å². The van der Waals surface area contributed by atoms with Crippen LogP contribution >= 0.6 is 0 Å². The molecule has 2 aliphatic rings. The number of carbonyl (C=O) groups excluding carboxylic acids is 1. The number of carbonyl (C=O) groups is 1. The average molecular weight is 460 g/mol. The number of amides is 1. The molecule has 0 atom stereocenters. The van der Waals surface area contributed by atoms with Crippen LogP contribution in [-0.2, 0) is 10.3 Å². The minimum absolute atomic E-state index is 0.132. The molecule has 1 saturated carbocycles. The van der Waals surface area contributed by atoms with E-state index in [4.69, 9.17) is 9.26 Å². The van der Waals surface area contributed by atoms with E-state index in [-0.39, 0.29) is 5.91 Å². The summed E-state index contributed by atoms with van der Waals surface area (Å²) in [5.41, 5.74) is 2.75. The molecule has 34 heavy (non-hydrogen) atoms. The van der Waals surface area contributed by atoms with Gasteiger partial charge in [0.05, 0.1) is 13.2 Å². The van der Waals surface area contributed by atoms with Gasteiger partial charge in [0.15, 0.2) is 5.82 Å². The number of ether oxygens (including phenoxy) is 1. The van der Waals surface area contributed by atoms with Gasteiger partial charge in [0.1, 0.15) is 11.2 Å². The van der Waals surface area contributed by atoms with E-state index >= 15 is 0 Å². The standard InChI is InChI=1S/C25H25N5O4/c1-28(18-5-3-2-4-6-18)22(31)21-16-17-15-19(29-11-13-33-14-12-29)7-8-20(17)30(21)25(9-10-25)23-26-24(32)34-27-23/h2-8,15-16H,9-14H2,1H3,(H,26,27,32). The van der Waals surface area contributed by atoms with Crippen molar-refractivity contribution in [1.82, 2.24) is 14.7 Å². The number of H-pyrrole nitrogens is 1. The second kappa shape index (κ2) is 7.88. The average Bonchev–Trinajstić information content (AvgIpc) is 3.40. The van der Waals surface area contributed by atoms with Gasteiger partial charge in [0, 0.05) is 42.4 Å². The third kappa shape index (κ3) is 3.31. The fraction of sp³-hybridized carbons (Fsp3) is 0.320. The number of hydrogen-bond acceptors (Lipinski definition) is 6. The van der Waals surface area contributed by atoms with Gasteiger partial charge in [-0.25, -0.2) is 4.79 Å². The number of aromatic amines is 1. The van der Waals surface area contributed by atoms with E-state index in [1.165, 1.54) is 0 Å². The van der Waals surface area contributed by atoms with Gasteiger partial charge in [0.25, 0.3) is 5.91 Å². The summed E-state index contributed by atoms with van der Waals surface area (Å²) in [6.07, 6.45) is 1.50. The number of aromatic nitrogens is 3. The van der Waals surface area contributed by atoms with Crippen LogP contribution in [0.3, 0.4) is 0 Å². The third-order valence-electron chi connectivity index (χ3n) is 6.86. The van der Waals surface area contributed by atoms with Crippen molar-refractivity contribution in [3.63, 3.8) is 0 Å². The Morgan fingerprint density at radius 3 is 2.53 bits per heavy atom. The maximum atomic E-state index is 13.8. The minimum Gasteiger partial charge on any atom is -0.378 e. The van der Waals surface area contributed by atoms with Crippen molar-refractivity contribution in [1.29, 1.82) is 0 Å². The van der Waals surface area contributed by atoms with E-state index in [0.29, 0.717) is 24.7 Å². The Morgan fingerprint density at radius 1 is 1.09 bits per heavy atom. The number of nitrogens with zero attached hydrogens (tertiary/aromatic N) is 4. The molecule has 4 aromatic rings. The first kappa shape index (κ1) is 20.7. The van der Waals surface area contributed by atoms with E-state index in [2.05, 4.69) is 33.2 Å². The lowest BCUT2D eigenvalue weighted by molar-refractivity contribution is 0.0982. The van der Waals surface area contributed by atoms with Crippen molar-refractivity contribution in [3.05, 3.63) is 76.7 Å². The first-order valence-corrected chi connectivity index (χ1v) is 11.5. The summed E-state index contributed by atoms with van der Waals surface area (Å²) in [4.78, 5) is 32.2. The van der Waals surface area contributed by atoms with Crippen LogP contribution in [-0.4, -0.2) is 54.0 Å². The highest BCUT2D eigenvalue weighted by molar-refractivity contribution is 6.08. The van der Waals surface area contributed by atoms with Crippen molar-refractivity contribution in [2.24, 2.45) is 0 Å². The molecule has 1 aliphatic carbocycles. The lowest BCUT2D eigenvalue weighted by Gasteiger charge is -2.29. The van der Waals surface area contributed by atoms with Crippen LogP contribution in [0.2, 0.25) is 0 Å². The predicted molar refractivity (Wildman–Crippen MR) is 128 cm³/mol. The molecule has 2 aromatic heterocycles. The van der Waals surface area contributed by atoms with Gasteiger partial charge in [-0.1, -0.05) is 23.4 Å². The molecule has 3 heterocycles. The molecule has 1 saturated heterocycles. The highest BCUT2D eigenvalue weighted by atomic mass is 16.5. The quantitative estimate of drug-likeness (QED) is 0.493. The summed E-state index contributed by atoms with van der Waals surface area (Å²) in [6, 6.07) is 17.8. The number of anilines is 2. The number of rotatable bonds is 5. The molecular formula is C25H25N5O4. The Balaban J connectivity index is 1.50. The molecule has 1 amide bonds. The zero-order chi connectivity index (χ0) is 23.3. The molecule has 2 fully saturated rings. The fourth-order valence-electron chi connectivity index (χ4n) is 4.90. The largest absolute Gasteiger partial charge is 0.438 e. The van der Waals surface area contributed by atoms with Gasteiger partial charge in [-0.3, -0.25) is 14.3 Å². The van der Waals surface area contributed by atoms with Crippen molar-refractivity contribution >= 4 is 28.2 Å². The van der Waals surface area contributed by atoms with Crippen LogP contribution in [0.4, 0.5) is 11.4 Å². The highest BCUT2D eigenvalue weighted by Gasteiger charge is 2.52. The van der Waals surface area contributed by atoms with Gasteiger partial charge in [-0.2, -0.15) is 0 Å². The van der Waals surface area contributed by atoms with Crippen molar-refractivity contribution in [2.45, 2.75) is 18.4 Å². The summed E-state index contributed by atoms with van der Waals surface area (Å²) >= 11 is 0. The molecule has 9 heteroatoms. The number of hydrogen-bond donors (Lipinski definition) is 1. The first-order chi connectivity index (χ1) is 16.6. The molecule has 2 aromatic carbocycles. The van der Waals surface area contributed by atoms with Crippen LogP contribution in [0.25, 0.3) is 10.9 Å². The smallest absolute Gasteiger partial charge is 0.378 e. The topological polar surface area (TPSA) is 96.6 Å². The van der Waals surface area contributed by atoms with Crippen LogP contribution in [0.1, 0.15) is 29.2 Å². The zero-order valence-corrected chi connectivity index (χ0v) is 18.9. The second-order valence-corrected chi connectivity index (χ2v) is 8.88. The number of fused-ring (bicyclic) bond motifs is 1. The lowest BCUT2D eigenvalue weighted by atomic mass is 10.2. The van der Waals surface area contributed by atoms with E-state index in [1.807, 2.05) is 41.0 Å². The molecular weight excluding hydrogens is 434 g/mol. The Morgan fingerprint density at radius 2 is 1.85 bits per heavy atom. The van der Waals surface area contributed by atoms with E-state index < -0.39 is 11.3 Å². The number of nitrogens with one attached hydrogen (secondary N) is 1. The maximum absolute atomic E-state index is 13.8. The predicted octanol–water partition coefficient (Wildman–Crippen LogP) is 2.97. The van der Waals surface area contributed by atoms with Crippen LogP contribution in [0.5, 0.6) is 0 Å². The number of morpholine rings is 1. The van der Waals surface area contributed by atoms with Gasteiger partial charge in [-0.15, -0.1) is 0 Å². The van der Waals surface area contributed by atoms with Crippen LogP contribution < -0.4 is 15.6 Å². The zero-order valence-electron chi connectivity index (χ0n) is 18.9. The molecule has 9 nitrogen and oxygen atoms in total. The fourth-order valence-corrected chi connectivity index (χ4v) is 4.90. The Bertz CT molecular complexity index is 1410. The minimum atomic E-state index is -0.614. The van der Waals surface area contributed by atoms with E-state index in [0.717, 1.165) is 48.2 Å². The maximum Gasteiger partial charge on any atom is 0.438 e. The van der Waals surface area contributed by atoms with E-state index in [1.54, 1.807) is 11.9 Å². The summed E-state index contributed by atoms with van der Waals surface area (Å²) in [5, 5.41) is 4.96. The lowest BCUT2D eigenvalue weighted by Crippen LogP contribution is -2.36. The first-order valence-electron chi connectivity index (χ1n) is 11.5. The molecule has 0 bridgehead atoms. The van der Waals surface area contributed by atoms with Gasteiger partial charge in [-0.05, 0) is 49.2 Å². The van der Waals surface area contributed by atoms with Gasteiger partial charge in [0.2, 0.25) is 0 Å². The Labute approximate surface area is 195 Å². The number of para-hydroxylation sites is 1. The van der Waals surface area contributed by atoms with E-state index in [9.17, 15) is 9.59 Å². The molecule has 0 radical (unpaired) electrons. The number of benzene rings is 2. The summed E-state index contributed by atoms with van der Waals surface area (Å²) in [6.45, 7) is 3.07. The monoisotopic (exact) mass is 459 g/mol. The van der Waals surface area contributed by atoms with Gasteiger partial charge >= 0.3 is 5.76 Å². The van der Waals surface area contributed by atoms with Gasteiger partial charge < -0.3 is 19.1 Å². The molecule has 0 unspecified atom stereocenters. The summed E-state index contributed by atoms with van der Waals surface area (Å²) < 4.78 is 12.4. The molecule has 174 valence electrons. The summed E-state index contributed by atoms with van der Waals surface area (Å²) in [5.74, 6) is -0.280. The molecule has 0 spiro atoms. The van der Waals surface area contributed by atoms with Crippen molar-refractivity contribution in [2.75, 3.05) is 43.2 Å². The Kier molecular flexibility index (Phi) is 4.80. The normalized spacial score (nSPS) is 17.1. The third-order valence-corrected chi connectivity index (χ3v) is 6.86. The second-order valence-electron chi connectivity index (χ2n) is 8.88. The molecule has 6 rings (SSSR count). The van der Waals surface area contributed by atoms with Crippen molar-refractivity contribution < 1.29 is 14.1 Å². The molecule has 1 aliphatic heterocycles. The SMILES string of the molecule is CN(C(=O)c1cc2cc(N3CCOCC3)ccc2n1C1(c2noc(=O)[nH]2)CC1)c1ccccc1.